The van der Waals surface area contributed by atoms with E-state index in [4.69, 9.17) is 10.00 Å². The lowest BCUT2D eigenvalue weighted by Crippen LogP contribution is -1.99. The van der Waals surface area contributed by atoms with Crippen molar-refractivity contribution in [2.45, 2.75) is 34.3 Å². The highest BCUT2D eigenvalue weighted by Crippen LogP contribution is 2.27. The van der Waals surface area contributed by atoms with E-state index in [2.05, 4.69) is 50.9 Å². The topological polar surface area (TPSA) is 45.9 Å². The zero-order chi connectivity index (χ0) is 17.5. The lowest BCUT2D eigenvalue weighted by Gasteiger charge is -2.13. The molecule has 1 aromatic heterocycles. The Kier molecular flexibility index (Phi) is 5.92. The van der Waals surface area contributed by atoms with E-state index in [0.29, 0.717) is 18.1 Å². The third-order valence-electron chi connectivity index (χ3n) is 3.80. The Balaban J connectivity index is 2.18. The molecule has 24 heavy (non-hydrogen) atoms. The first-order valence-corrected chi connectivity index (χ1v) is 7.94. The molecule has 0 N–H and O–H groups in total. The molecule has 0 fully saturated rings. The quantitative estimate of drug-likeness (QED) is 0.703. The van der Waals surface area contributed by atoms with Crippen LogP contribution in [0.5, 0.6) is 5.88 Å². The maximum Gasteiger partial charge on any atom is 0.213 e. The summed E-state index contributed by atoms with van der Waals surface area (Å²) < 4.78 is 5.72. The number of pyridine rings is 1. The van der Waals surface area contributed by atoms with E-state index < -0.39 is 0 Å². The molecular weight excluding hydrogens is 296 g/mol. The SMILES string of the molecule is C/C=C(/C)C(=C(C)C)c1cccc(COc2ccc(C#N)cn2)c1. The van der Waals surface area contributed by atoms with Crippen LogP contribution in [-0.2, 0) is 6.61 Å². The Morgan fingerprint density at radius 2 is 2.00 bits per heavy atom. The number of nitrogens with zero attached hydrogens (tertiary/aromatic N) is 2. The Morgan fingerprint density at radius 1 is 1.21 bits per heavy atom. The van der Waals surface area contributed by atoms with Gasteiger partial charge in [0.1, 0.15) is 12.7 Å². The zero-order valence-electron chi connectivity index (χ0n) is 14.6. The van der Waals surface area contributed by atoms with Gasteiger partial charge in [0, 0.05) is 12.3 Å². The van der Waals surface area contributed by atoms with Crippen LogP contribution in [0.4, 0.5) is 0 Å². The molecular formula is C21H22N2O. The van der Waals surface area contributed by atoms with Crippen LogP contribution in [0.1, 0.15) is 44.4 Å². The van der Waals surface area contributed by atoms with Crippen LogP contribution in [0.15, 0.2) is 59.8 Å². The number of aromatic nitrogens is 1. The van der Waals surface area contributed by atoms with Crippen molar-refractivity contribution in [1.82, 2.24) is 4.98 Å². The smallest absolute Gasteiger partial charge is 0.213 e. The Labute approximate surface area is 143 Å². The molecule has 3 nitrogen and oxygen atoms in total. The second-order valence-electron chi connectivity index (χ2n) is 5.83. The normalized spacial score (nSPS) is 10.9. The van der Waals surface area contributed by atoms with E-state index in [0.717, 1.165) is 5.56 Å². The lowest BCUT2D eigenvalue weighted by molar-refractivity contribution is 0.294. The fraction of sp³-hybridized carbons (Fsp3) is 0.238. The van der Waals surface area contributed by atoms with Gasteiger partial charge < -0.3 is 4.74 Å². The molecule has 3 heteroatoms. The molecule has 0 aliphatic heterocycles. The molecule has 0 unspecified atom stereocenters. The van der Waals surface area contributed by atoms with Gasteiger partial charge in [0.25, 0.3) is 0 Å². The van der Waals surface area contributed by atoms with E-state index >= 15 is 0 Å². The monoisotopic (exact) mass is 318 g/mol. The standard InChI is InChI=1S/C21H22N2O/c1-5-16(4)21(15(2)3)19-8-6-7-17(11-19)14-24-20-10-9-18(12-22)13-23-20/h5-11,13H,14H2,1-4H3/b16-5-. The zero-order valence-corrected chi connectivity index (χ0v) is 14.6. The van der Waals surface area contributed by atoms with Crippen molar-refractivity contribution >= 4 is 5.57 Å². The van der Waals surface area contributed by atoms with E-state index in [-0.39, 0.29) is 0 Å². The van der Waals surface area contributed by atoms with E-state index in [1.54, 1.807) is 12.1 Å². The molecule has 0 amide bonds. The molecule has 0 aliphatic carbocycles. The lowest BCUT2D eigenvalue weighted by atomic mass is 9.94. The van der Waals surface area contributed by atoms with Gasteiger partial charge in [-0.15, -0.1) is 0 Å². The largest absolute Gasteiger partial charge is 0.473 e. The second-order valence-corrected chi connectivity index (χ2v) is 5.83. The van der Waals surface area contributed by atoms with Gasteiger partial charge in [0.2, 0.25) is 5.88 Å². The number of ether oxygens (including phenoxy) is 1. The second kappa shape index (κ2) is 8.12. The summed E-state index contributed by atoms with van der Waals surface area (Å²) in [6.07, 6.45) is 3.65. The van der Waals surface area contributed by atoms with Gasteiger partial charge >= 0.3 is 0 Å². The molecule has 122 valence electrons. The first-order chi connectivity index (χ1) is 11.5. The minimum Gasteiger partial charge on any atom is -0.473 e. The average Bonchev–Trinajstić information content (AvgIpc) is 2.60. The number of hydrogen-bond acceptors (Lipinski definition) is 3. The Bertz CT molecular complexity index is 804. The van der Waals surface area contributed by atoms with Crippen molar-refractivity contribution in [1.29, 1.82) is 5.26 Å². The first-order valence-electron chi connectivity index (χ1n) is 7.94. The number of allylic oxidation sites excluding steroid dienone is 4. The van der Waals surface area contributed by atoms with Crippen LogP contribution in [-0.4, -0.2) is 4.98 Å². The van der Waals surface area contributed by atoms with Gasteiger partial charge in [-0.1, -0.05) is 29.8 Å². The molecule has 2 aromatic rings. The number of rotatable bonds is 5. The first kappa shape index (κ1) is 17.5. The molecule has 0 atom stereocenters. The number of benzene rings is 1. The fourth-order valence-corrected chi connectivity index (χ4v) is 2.56. The van der Waals surface area contributed by atoms with Gasteiger partial charge in [0.15, 0.2) is 0 Å². The summed E-state index contributed by atoms with van der Waals surface area (Å²) in [6.45, 7) is 8.89. The van der Waals surface area contributed by atoms with Crippen molar-refractivity contribution in [3.05, 3.63) is 76.5 Å². The van der Waals surface area contributed by atoms with Crippen molar-refractivity contribution < 1.29 is 4.74 Å². The van der Waals surface area contributed by atoms with Crippen LogP contribution < -0.4 is 4.74 Å². The number of hydrogen-bond donors (Lipinski definition) is 0. The van der Waals surface area contributed by atoms with Gasteiger partial charge in [-0.25, -0.2) is 4.98 Å². The van der Waals surface area contributed by atoms with Gasteiger partial charge in [-0.2, -0.15) is 5.26 Å². The molecule has 1 aromatic carbocycles. The third kappa shape index (κ3) is 4.33. The van der Waals surface area contributed by atoms with Crippen molar-refractivity contribution in [3.63, 3.8) is 0 Å². The molecule has 0 aliphatic rings. The Hall–Kier alpha value is -2.86. The van der Waals surface area contributed by atoms with Crippen molar-refractivity contribution in [2.24, 2.45) is 0 Å². The van der Waals surface area contributed by atoms with Gasteiger partial charge in [0.05, 0.1) is 5.56 Å². The predicted octanol–water partition coefficient (Wildman–Crippen LogP) is 5.29. The van der Waals surface area contributed by atoms with E-state index in [1.165, 1.54) is 28.5 Å². The molecule has 0 bridgehead atoms. The van der Waals surface area contributed by atoms with Crippen LogP contribution in [0, 0.1) is 11.3 Å². The minimum absolute atomic E-state index is 0.442. The summed E-state index contributed by atoms with van der Waals surface area (Å²) in [6, 6.07) is 13.8. The molecule has 0 saturated heterocycles. The van der Waals surface area contributed by atoms with Gasteiger partial charge in [-0.05, 0) is 62.1 Å². The predicted molar refractivity (Wildman–Crippen MR) is 97.4 cm³/mol. The highest BCUT2D eigenvalue weighted by atomic mass is 16.5. The van der Waals surface area contributed by atoms with Crippen LogP contribution >= 0.6 is 0 Å². The van der Waals surface area contributed by atoms with Gasteiger partial charge in [-0.3, -0.25) is 0 Å². The molecule has 0 saturated carbocycles. The summed E-state index contributed by atoms with van der Waals surface area (Å²) in [5.41, 5.74) is 6.63. The minimum atomic E-state index is 0.442. The molecule has 1 heterocycles. The maximum atomic E-state index is 8.79. The molecule has 2 rings (SSSR count). The van der Waals surface area contributed by atoms with Crippen LogP contribution in [0.2, 0.25) is 0 Å². The van der Waals surface area contributed by atoms with Crippen molar-refractivity contribution in [3.8, 4) is 11.9 Å². The summed E-state index contributed by atoms with van der Waals surface area (Å²) in [7, 11) is 0. The van der Waals surface area contributed by atoms with E-state index in [9.17, 15) is 0 Å². The van der Waals surface area contributed by atoms with E-state index in [1.807, 2.05) is 18.2 Å². The highest BCUT2D eigenvalue weighted by Gasteiger charge is 2.07. The summed E-state index contributed by atoms with van der Waals surface area (Å²) in [4.78, 5) is 4.13. The van der Waals surface area contributed by atoms with Crippen LogP contribution in [0.3, 0.4) is 0 Å². The average molecular weight is 318 g/mol. The summed E-state index contributed by atoms with van der Waals surface area (Å²) in [5.74, 6) is 0.520. The Morgan fingerprint density at radius 3 is 2.58 bits per heavy atom. The fourth-order valence-electron chi connectivity index (χ4n) is 2.56. The third-order valence-corrected chi connectivity index (χ3v) is 3.80. The molecule has 0 radical (unpaired) electrons. The maximum absolute atomic E-state index is 8.79. The number of nitriles is 1. The summed E-state index contributed by atoms with van der Waals surface area (Å²) in [5, 5.41) is 8.79. The summed E-state index contributed by atoms with van der Waals surface area (Å²) >= 11 is 0. The highest BCUT2D eigenvalue weighted by molar-refractivity contribution is 5.80. The molecule has 0 spiro atoms. The van der Waals surface area contributed by atoms with Crippen LogP contribution in [0.25, 0.3) is 5.57 Å². The van der Waals surface area contributed by atoms with Crippen molar-refractivity contribution in [2.75, 3.05) is 0 Å².